The number of pyridine rings is 1. The summed E-state index contributed by atoms with van der Waals surface area (Å²) < 4.78 is 4.81. The van der Waals surface area contributed by atoms with Crippen molar-refractivity contribution in [3.63, 3.8) is 0 Å². The Balaban J connectivity index is 2.08. The minimum Gasteiger partial charge on any atom is -0.308 e. The minimum absolute atomic E-state index is 0.595. The molecule has 0 unspecified atom stereocenters. The highest BCUT2D eigenvalue weighted by atomic mass is 35.5. The number of halogens is 1. The molecule has 0 aliphatic heterocycles. The fraction of sp³-hybridized carbons (Fsp3) is 0.125. The van der Waals surface area contributed by atoms with Gasteiger partial charge < -0.3 is 5.43 Å². The number of hydrogen-bond donors (Lipinski definition) is 2. The summed E-state index contributed by atoms with van der Waals surface area (Å²) in [6.45, 7) is 0. The summed E-state index contributed by atoms with van der Waals surface area (Å²) >= 11 is 8.91. The summed E-state index contributed by atoms with van der Waals surface area (Å²) in [6, 6.07) is 3.49. The number of nitrogens with one attached hydrogen (secondary N) is 1. The van der Waals surface area contributed by atoms with Gasteiger partial charge in [-0.05, 0) is 23.7 Å². The number of nitrogens with zero attached hydrogens (tertiary/aromatic N) is 3. The second-order valence-electron chi connectivity index (χ2n) is 2.77. The van der Waals surface area contributed by atoms with Crippen molar-refractivity contribution in [3.05, 3.63) is 29.2 Å². The van der Waals surface area contributed by atoms with Crippen LogP contribution in [0.1, 0.15) is 5.69 Å². The highest BCUT2D eigenvalue weighted by Gasteiger charge is 2.06. The minimum atomic E-state index is 0.595. The molecule has 3 N–H and O–H groups in total. The van der Waals surface area contributed by atoms with Crippen molar-refractivity contribution in [2.24, 2.45) is 5.84 Å². The first-order chi connectivity index (χ1) is 7.79. The quantitative estimate of drug-likeness (QED) is 0.505. The molecule has 0 aromatic carbocycles. The molecule has 0 amide bonds. The lowest BCUT2D eigenvalue weighted by molar-refractivity contribution is 1.14. The Kier molecular flexibility index (Phi) is 3.94. The predicted octanol–water partition coefficient (Wildman–Crippen LogP) is 2.16. The van der Waals surface area contributed by atoms with Gasteiger partial charge in [0.25, 0.3) is 0 Å². The average Bonchev–Trinajstić information content (AvgIpc) is 2.81. The summed E-state index contributed by atoms with van der Waals surface area (Å²) in [5.74, 6) is 6.51. The Bertz CT molecular complexity index is 461. The van der Waals surface area contributed by atoms with Crippen LogP contribution in [-0.4, -0.2) is 14.3 Å². The fourth-order valence-corrected chi connectivity index (χ4v) is 2.67. The molecule has 5 nitrogen and oxygen atoms in total. The zero-order valence-electron chi connectivity index (χ0n) is 8.05. The molecular formula is C8H8ClN5S2. The van der Waals surface area contributed by atoms with Crippen molar-refractivity contribution in [2.75, 3.05) is 5.43 Å². The second kappa shape index (κ2) is 5.44. The molecule has 0 saturated carbocycles. The van der Waals surface area contributed by atoms with Crippen LogP contribution in [0.4, 0.5) is 5.82 Å². The number of rotatable bonds is 4. The maximum absolute atomic E-state index is 6.02. The predicted molar refractivity (Wildman–Crippen MR) is 66.5 cm³/mol. The average molecular weight is 274 g/mol. The van der Waals surface area contributed by atoms with Gasteiger partial charge in [-0.25, -0.2) is 15.8 Å². The van der Waals surface area contributed by atoms with Crippen molar-refractivity contribution in [1.82, 2.24) is 14.3 Å². The molecule has 0 radical (unpaired) electrons. The molecule has 2 aromatic heterocycles. The van der Waals surface area contributed by atoms with E-state index >= 15 is 0 Å². The number of aromatic nitrogens is 3. The van der Waals surface area contributed by atoms with Crippen LogP contribution in [0, 0.1) is 0 Å². The van der Waals surface area contributed by atoms with Crippen molar-refractivity contribution in [2.45, 2.75) is 10.1 Å². The van der Waals surface area contributed by atoms with Gasteiger partial charge in [0.1, 0.15) is 12.1 Å². The first-order valence-corrected chi connectivity index (χ1v) is 6.45. The SMILES string of the molecule is NNc1ccc(Cl)c(CSc2ncns2)n1. The first-order valence-electron chi connectivity index (χ1n) is 4.31. The molecule has 2 heterocycles. The summed E-state index contributed by atoms with van der Waals surface area (Å²) in [7, 11) is 0. The number of thioether (sulfide) groups is 1. The van der Waals surface area contributed by atoms with Crippen molar-refractivity contribution >= 4 is 40.7 Å². The van der Waals surface area contributed by atoms with E-state index in [0.29, 0.717) is 16.6 Å². The first kappa shape index (κ1) is 11.6. The highest BCUT2D eigenvalue weighted by molar-refractivity contribution is 8.00. The van der Waals surface area contributed by atoms with E-state index in [-0.39, 0.29) is 0 Å². The Labute approximate surface area is 106 Å². The topological polar surface area (TPSA) is 76.7 Å². The molecule has 0 spiro atoms. The van der Waals surface area contributed by atoms with Crippen LogP contribution in [0.15, 0.2) is 22.8 Å². The monoisotopic (exact) mass is 273 g/mol. The highest BCUT2D eigenvalue weighted by Crippen LogP contribution is 2.26. The molecule has 0 atom stereocenters. The van der Waals surface area contributed by atoms with Crippen LogP contribution in [0.25, 0.3) is 0 Å². The normalized spacial score (nSPS) is 10.4. The lowest BCUT2D eigenvalue weighted by Gasteiger charge is -2.04. The van der Waals surface area contributed by atoms with Gasteiger partial charge in [-0.15, -0.1) is 0 Å². The maximum atomic E-state index is 6.02. The number of nitrogens with two attached hydrogens (primary N) is 1. The third-order valence-electron chi connectivity index (χ3n) is 1.74. The Morgan fingerprint density at radius 1 is 1.50 bits per heavy atom. The van der Waals surface area contributed by atoms with Crippen LogP contribution in [-0.2, 0) is 5.75 Å². The van der Waals surface area contributed by atoms with E-state index in [9.17, 15) is 0 Å². The summed E-state index contributed by atoms with van der Waals surface area (Å²) in [5, 5.41) is 0.621. The largest absolute Gasteiger partial charge is 0.308 e. The van der Waals surface area contributed by atoms with Crippen LogP contribution in [0.2, 0.25) is 5.02 Å². The van der Waals surface area contributed by atoms with Crippen molar-refractivity contribution < 1.29 is 0 Å². The van der Waals surface area contributed by atoms with Crippen LogP contribution >= 0.6 is 34.9 Å². The summed E-state index contributed by atoms with van der Waals surface area (Å²) in [5.41, 5.74) is 3.26. The third-order valence-corrected chi connectivity index (χ3v) is 3.89. The third kappa shape index (κ3) is 2.82. The van der Waals surface area contributed by atoms with Crippen LogP contribution in [0.5, 0.6) is 0 Å². The van der Waals surface area contributed by atoms with E-state index in [1.165, 1.54) is 17.9 Å². The standard InChI is InChI=1S/C8H8ClN5S2/c9-5-1-2-7(14-10)13-6(5)3-15-8-11-4-12-16-8/h1-2,4H,3,10H2,(H,13,14). The van der Waals surface area contributed by atoms with Gasteiger partial charge in [-0.1, -0.05) is 23.4 Å². The second-order valence-corrected chi connectivity index (χ2v) is 5.17. The number of hydrogen-bond acceptors (Lipinski definition) is 7. The van der Waals surface area contributed by atoms with Gasteiger partial charge in [0.2, 0.25) is 0 Å². The van der Waals surface area contributed by atoms with Crippen molar-refractivity contribution in [3.8, 4) is 0 Å². The molecular weight excluding hydrogens is 266 g/mol. The molecule has 2 aromatic rings. The molecule has 84 valence electrons. The van der Waals surface area contributed by atoms with Gasteiger partial charge in [-0.2, -0.15) is 4.37 Å². The summed E-state index contributed by atoms with van der Waals surface area (Å²) in [6.07, 6.45) is 1.53. The van der Waals surface area contributed by atoms with E-state index < -0.39 is 0 Å². The lowest BCUT2D eigenvalue weighted by Crippen LogP contribution is -2.09. The Morgan fingerprint density at radius 2 is 2.38 bits per heavy atom. The van der Waals surface area contributed by atoms with E-state index in [1.54, 1.807) is 23.9 Å². The molecule has 8 heteroatoms. The Morgan fingerprint density at radius 3 is 3.06 bits per heavy atom. The van der Waals surface area contributed by atoms with Crippen molar-refractivity contribution in [1.29, 1.82) is 0 Å². The van der Waals surface area contributed by atoms with E-state index in [1.807, 2.05) is 0 Å². The molecule has 0 saturated heterocycles. The number of nitrogen functional groups attached to an aromatic ring is 1. The lowest BCUT2D eigenvalue weighted by atomic mass is 10.4. The Hall–Kier alpha value is -0.890. The zero-order chi connectivity index (χ0) is 11.4. The molecule has 16 heavy (non-hydrogen) atoms. The van der Waals surface area contributed by atoms with Gasteiger partial charge in [0.15, 0.2) is 4.34 Å². The van der Waals surface area contributed by atoms with E-state index in [0.717, 1.165) is 10.0 Å². The van der Waals surface area contributed by atoms with Crippen LogP contribution in [0.3, 0.4) is 0 Å². The molecule has 2 rings (SSSR count). The zero-order valence-corrected chi connectivity index (χ0v) is 10.4. The number of hydrazine groups is 1. The molecule has 0 fully saturated rings. The number of anilines is 1. The summed E-state index contributed by atoms with van der Waals surface area (Å²) in [4.78, 5) is 8.32. The smallest absolute Gasteiger partial charge is 0.170 e. The maximum Gasteiger partial charge on any atom is 0.170 e. The fourth-order valence-electron chi connectivity index (χ4n) is 1.02. The molecule has 0 aliphatic carbocycles. The molecule has 0 bridgehead atoms. The van der Waals surface area contributed by atoms with E-state index in [2.05, 4.69) is 19.8 Å². The van der Waals surface area contributed by atoms with Gasteiger partial charge in [-0.3, -0.25) is 0 Å². The van der Waals surface area contributed by atoms with Crippen LogP contribution < -0.4 is 11.3 Å². The van der Waals surface area contributed by atoms with Gasteiger partial charge >= 0.3 is 0 Å². The van der Waals surface area contributed by atoms with E-state index in [4.69, 9.17) is 17.4 Å². The van der Waals surface area contributed by atoms with Gasteiger partial charge in [0.05, 0.1) is 10.7 Å². The van der Waals surface area contributed by atoms with Gasteiger partial charge in [0, 0.05) is 5.75 Å². The molecule has 0 aliphatic rings.